The molecule has 1 aromatic heterocycles. The van der Waals surface area contributed by atoms with Crippen molar-refractivity contribution in [3.63, 3.8) is 0 Å². The average Bonchev–Trinajstić information content (AvgIpc) is 3.19. The zero-order valence-electron chi connectivity index (χ0n) is 11.6. The number of nitrogens with one attached hydrogen (secondary N) is 1. The van der Waals surface area contributed by atoms with Crippen molar-refractivity contribution in [3.05, 3.63) is 53.3 Å². The molecule has 1 saturated carbocycles. The Labute approximate surface area is 118 Å². The lowest BCUT2D eigenvalue weighted by Gasteiger charge is -2.09. The number of amides is 1. The van der Waals surface area contributed by atoms with Crippen LogP contribution in [-0.2, 0) is 6.54 Å². The van der Waals surface area contributed by atoms with E-state index in [1.54, 1.807) is 6.07 Å². The van der Waals surface area contributed by atoms with E-state index in [1.807, 2.05) is 35.9 Å². The van der Waals surface area contributed by atoms with Crippen LogP contribution in [0.3, 0.4) is 0 Å². The van der Waals surface area contributed by atoms with Crippen molar-refractivity contribution in [2.24, 2.45) is 0 Å². The number of carbonyl (C=O) groups is 1. The van der Waals surface area contributed by atoms with E-state index in [-0.39, 0.29) is 5.91 Å². The van der Waals surface area contributed by atoms with Gasteiger partial charge in [-0.25, -0.2) is 0 Å². The monoisotopic (exact) mass is 269 g/mol. The normalized spacial score (nSPS) is 14.2. The van der Waals surface area contributed by atoms with Gasteiger partial charge in [0.05, 0.1) is 5.69 Å². The highest BCUT2D eigenvalue weighted by atomic mass is 16.1. The minimum Gasteiger partial charge on any atom is -0.397 e. The Kier molecular flexibility index (Phi) is 3.22. The first-order valence-corrected chi connectivity index (χ1v) is 6.94. The van der Waals surface area contributed by atoms with Gasteiger partial charge in [-0.2, -0.15) is 0 Å². The van der Waals surface area contributed by atoms with Gasteiger partial charge in [0.15, 0.2) is 0 Å². The van der Waals surface area contributed by atoms with Crippen molar-refractivity contribution < 1.29 is 4.79 Å². The van der Waals surface area contributed by atoms with Gasteiger partial charge < -0.3 is 15.6 Å². The molecule has 1 amide bonds. The van der Waals surface area contributed by atoms with E-state index >= 15 is 0 Å². The second-order valence-electron chi connectivity index (χ2n) is 5.47. The van der Waals surface area contributed by atoms with Crippen LogP contribution in [0.2, 0.25) is 0 Å². The van der Waals surface area contributed by atoms with Crippen LogP contribution in [0.1, 0.15) is 40.5 Å². The molecule has 104 valence electrons. The second kappa shape index (κ2) is 5.04. The third-order valence-corrected chi connectivity index (χ3v) is 3.58. The molecule has 1 aromatic carbocycles. The first-order valence-electron chi connectivity index (χ1n) is 6.94. The Balaban J connectivity index is 1.70. The Morgan fingerprint density at radius 3 is 2.90 bits per heavy atom. The van der Waals surface area contributed by atoms with E-state index in [9.17, 15) is 4.79 Å². The number of hydrogen-bond acceptors (Lipinski definition) is 2. The van der Waals surface area contributed by atoms with Crippen LogP contribution in [0.25, 0.3) is 0 Å². The van der Waals surface area contributed by atoms with Crippen LogP contribution in [0.15, 0.2) is 36.5 Å². The van der Waals surface area contributed by atoms with Gasteiger partial charge in [-0.1, -0.05) is 29.8 Å². The summed E-state index contributed by atoms with van der Waals surface area (Å²) in [4.78, 5) is 12.3. The maximum atomic E-state index is 12.3. The topological polar surface area (TPSA) is 60.1 Å². The maximum absolute atomic E-state index is 12.3. The van der Waals surface area contributed by atoms with Gasteiger partial charge in [-0.05, 0) is 31.4 Å². The number of rotatable bonds is 4. The number of hydrogen-bond donors (Lipinski definition) is 2. The lowest BCUT2D eigenvalue weighted by atomic mass is 10.1. The highest BCUT2D eigenvalue weighted by molar-refractivity contribution is 5.93. The predicted molar refractivity (Wildman–Crippen MR) is 79.5 cm³/mol. The molecule has 3 N–H and O–H groups in total. The predicted octanol–water partition coefficient (Wildman–Crippen LogP) is 2.64. The van der Waals surface area contributed by atoms with E-state index < -0.39 is 0 Å². The summed E-state index contributed by atoms with van der Waals surface area (Å²) in [6, 6.07) is 10.3. The maximum Gasteiger partial charge on any atom is 0.268 e. The smallest absolute Gasteiger partial charge is 0.268 e. The minimum absolute atomic E-state index is 0.0601. The summed E-state index contributed by atoms with van der Waals surface area (Å²) in [5.74, 6) is -0.0601. The van der Waals surface area contributed by atoms with Crippen LogP contribution in [0.5, 0.6) is 0 Å². The molecule has 0 radical (unpaired) electrons. The van der Waals surface area contributed by atoms with Gasteiger partial charge in [0, 0.05) is 18.8 Å². The zero-order valence-corrected chi connectivity index (χ0v) is 11.6. The second-order valence-corrected chi connectivity index (χ2v) is 5.47. The van der Waals surface area contributed by atoms with Crippen LogP contribution < -0.4 is 11.1 Å². The molecule has 0 spiro atoms. The van der Waals surface area contributed by atoms with Gasteiger partial charge in [0.25, 0.3) is 5.91 Å². The largest absolute Gasteiger partial charge is 0.397 e. The molecular formula is C16H19N3O. The number of nitrogen functional groups attached to an aromatic ring is 1. The molecule has 0 bridgehead atoms. The quantitative estimate of drug-likeness (QED) is 0.896. The summed E-state index contributed by atoms with van der Waals surface area (Å²) in [5, 5.41) is 2.96. The van der Waals surface area contributed by atoms with Gasteiger partial charge in [-0.15, -0.1) is 0 Å². The van der Waals surface area contributed by atoms with Crippen molar-refractivity contribution in [1.29, 1.82) is 0 Å². The van der Waals surface area contributed by atoms with Crippen LogP contribution in [0, 0.1) is 6.92 Å². The highest BCUT2D eigenvalue weighted by Gasteiger charge is 2.27. The lowest BCUT2D eigenvalue weighted by Crippen LogP contribution is -2.25. The third kappa shape index (κ3) is 2.69. The summed E-state index contributed by atoms with van der Waals surface area (Å²) in [6.45, 7) is 2.58. The molecule has 1 fully saturated rings. The molecule has 1 heterocycles. The molecular weight excluding hydrogens is 250 g/mol. The first-order chi connectivity index (χ1) is 9.63. The zero-order chi connectivity index (χ0) is 14.1. The minimum atomic E-state index is -0.0601. The summed E-state index contributed by atoms with van der Waals surface area (Å²) < 4.78 is 2.00. The van der Waals surface area contributed by atoms with Crippen molar-refractivity contribution in [1.82, 2.24) is 9.88 Å². The molecule has 1 aliphatic carbocycles. The Bertz CT molecular complexity index is 641. The molecule has 4 nitrogen and oxygen atoms in total. The molecule has 0 saturated heterocycles. The van der Waals surface area contributed by atoms with E-state index in [0.29, 0.717) is 24.0 Å². The van der Waals surface area contributed by atoms with Crippen molar-refractivity contribution >= 4 is 11.6 Å². The van der Waals surface area contributed by atoms with Gasteiger partial charge in [0.1, 0.15) is 5.69 Å². The molecule has 0 unspecified atom stereocenters. The highest BCUT2D eigenvalue weighted by Crippen LogP contribution is 2.37. The van der Waals surface area contributed by atoms with Gasteiger partial charge >= 0.3 is 0 Å². The SMILES string of the molecule is Cc1cccc(CNC(=O)c2cc(N)cn2C2CC2)c1. The number of anilines is 1. The number of aryl methyl sites for hydroxylation is 1. The van der Waals surface area contributed by atoms with Crippen LogP contribution in [0.4, 0.5) is 5.69 Å². The number of carbonyl (C=O) groups excluding carboxylic acids is 1. The van der Waals surface area contributed by atoms with Crippen molar-refractivity contribution in [3.8, 4) is 0 Å². The third-order valence-electron chi connectivity index (χ3n) is 3.58. The van der Waals surface area contributed by atoms with Gasteiger partial charge in [0.2, 0.25) is 0 Å². The summed E-state index contributed by atoms with van der Waals surface area (Å²) in [7, 11) is 0. The molecule has 20 heavy (non-hydrogen) atoms. The van der Waals surface area contributed by atoms with Crippen molar-refractivity contribution in [2.45, 2.75) is 32.4 Å². The molecule has 0 atom stereocenters. The number of nitrogens with two attached hydrogens (primary N) is 1. The fourth-order valence-electron chi connectivity index (χ4n) is 2.43. The summed E-state index contributed by atoms with van der Waals surface area (Å²) >= 11 is 0. The van der Waals surface area contributed by atoms with E-state index in [4.69, 9.17) is 5.73 Å². The number of benzene rings is 1. The Hall–Kier alpha value is -2.23. The van der Waals surface area contributed by atoms with Crippen molar-refractivity contribution in [2.75, 3.05) is 5.73 Å². The van der Waals surface area contributed by atoms with E-state index in [0.717, 1.165) is 18.4 Å². The van der Waals surface area contributed by atoms with Crippen LogP contribution >= 0.6 is 0 Å². The lowest BCUT2D eigenvalue weighted by molar-refractivity contribution is 0.0941. The van der Waals surface area contributed by atoms with E-state index in [1.165, 1.54) is 5.56 Å². The van der Waals surface area contributed by atoms with Gasteiger partial charge in [-0.3, -0.25) is 4.79 Å². The summed E-state index contributed by atoms with van der Waals surface area (Å²) in [6.07, 6.45) is 4.12. The average molecular weight is 269 g/mol. The summed E-state index contributed by atoms with van der Waals surface area (Å²) in [5.41, 5.74) is 9.43. The fourth-order valence-corrected chi connectivity index (χ4v) is 2.43. The fraction of sp³-hybridized carbons (Fsp3) is 0.312. The number of aromatic nitrogens is 1. The molecule has 2 aromatic rings. The van der Waals surface area contributed by atoms with E-state index in [2.05, 4.69) is 11.4 Å². The molecule has 3 rings (SSSR count). The molecule has 1 aliphatic rings. The standard InChI is InChI=1S/C16H19N3O/c1-11-3-2-4-12(7-11)9-18-16(20)15-8-13(17)10-19(15)14-5-6-14/h2-4,7-8,10,14H,5-6,9,17H2,1H3,(H,18,20). The first kappa shape index (κ1) is 12.8. The Morgan fingerprint density at radius 2 is 2.20 bits per heavy atom. The molecule has 4 heteroatoms. The van der Waals surface area contributed by atoms with Crippen LogP contribution in [-0.4, -0.2) is 10.5 Å². The Morgan fingerprint density at radius 1 is 1.40 bits per heavy atom. The number of nitrogens with zero attached hydrogens (tertiary/aromatic N) is 1. The molecule has 0 aliphatic heterocycles.